The summed E-state index contributed by atoms with van der Waals surface area (Å²) in [5.74, 6) is -1.24. The maximum absolute atomic E-state index is 13.1. The second-order valence-corrected chi connectivity index (χ2v) is 9.43. The fourth-order valence-electron chi connectivity index (χ4n) is 3.43. The lowest BCUT2D eigenvalue weighted by Gasteiger charge is -2.43. The maximum Gasteiger partial charge on any atom is 0.274 e. The molecular weight excluding hydrogens is 411 g/mol. The molecule has 2 aromatic heterocycles. The Kier molecular flexibility index (Phi) is 5.56. The lowest BCUT2D eigenvalue weighted by Crippen LogP contribution is -2.37. The van der Waals surface area contributed by atoms with E-state index in [0.717, 1.165) is 0 Å². The third kappa shape index (κ3) is 3.94. The maximum atomic E-state index is 13.1. The number of rotatable bonds is 4. The number of hydrogen-bond acceptors (Lipinski definition) is 7. The average molecular weight is 432 g/mol. The van der Waals surface area contributed by atoms with Crippen LogP contribution in [-0.2, 0) is 6.54 Å². The number of amides is 1. The van der Waals surface area contributed by atoms with Crippen molar-refractivity contribution in [3.63, 3.8) is 0 Å². The van der Waals surface area contributed by atoms with Crippen LogP contribution in [0.15, 0.2) is 42.6 Å². The van der Waals surface area contributed by atoms with Crippen LogP contribution < -0.4 is 10.6 Å². The highest BCUT2D eigenvalue weighted by molar-refractivity contribution is 8.24. The van der Waals surface area contributed by atoms with Gasteiger partial charge in [-0.2, -0.15) is 10.6 Å². The molecule has 1 atom stereocenters. The summed E-state index contributed by atoms with van der Waals surface area (Å²) in [5.41, 5.74) is 0.887. The van der Waals surface area contributed by atoms with Gasteiger partial charge in [0.15, 0.2) is 11.4 Å². The van der Waals surface area contributed by atoms with E-state index >= 15 is 0 Å². The first-order valence-electron chi connectivity index (χ1n) is 9.32. The molecule has 0 aliphatic carbocycles. The van der Waals surface area contributed by atoms with E-state index in [0.29, 0.717) is 23.2 Å². The van der Waals surface area contributed by atoms with Gasteiger partial charge in [-0.25, -0.2) is 9.37 Å². The van der Waals surface area contributed by atoms with Crippen molar-refractivity contribution in [2.75, 3.05) is 18.8 Å². The predicted octanol–water partition coefficient (Wildman–Crippen LogP) is 2.80. The van der Waals surface area contributed by atoms with E-state index in [1.807, 2.05) is 0 Å². The third-order valence-electron chi connectivity index (χ3n) is 5.02. The number of fused-ring (bicyclic) bond motifs is 1. The molecule has 8 nitrogen and oxygen atoms in total. The topological polar surface area (TPSA) is 128 Å². The van der Waals surface area contributed by atoms with E-state index in [-0.39, 0.29) is 41.6 Å². The van der Waals surface area contributed by atoms with Gasteiger partial charge in [0, 0.05) is 31.2 Å². The van der Waals surface area contributed by atoms with Gasteiger partial charge >= 0.3 is 0 Å². The zero-order valence-corrected chi connectivity index (χ0v) is 16.7. The summed E-state index contributed by atoms with van der Waals surface area (Å²) >= 11 is 0. The Labute approximate surface area is 173 Å². The van der Waals surface area contributed by atoms with Crippen molar-refractivity contribution >= 4 is 27.4 Å². The minimum Gasteiger partial charge on any atom is -0.504 e. The number of benzene rings is 1. The lowest BCUT2D eigenvalue weighted by atomic mass is 10.1. The molecule has 1 aliphatic rings. The van der Waals surface area contributed by atoms with Crippen LogP contribution in [0.3, 0.4) is 0 Å². The van der Waals surface area contributed by atoms with Gasteiger partial charge in [-0.1, -0.05) is 12.1 Å². The van der Waals surface area contributed by atoms with Crippen molar-refractivity contribution < 1.29 is 23.4 Å². The van der Waals surface area contributed by atoms with Gasteiger partial charge in [0.1, 0.15) is 16.6 Å². The molecule has 1 aliphatic heterocycles. The fourth-order valence-corrected chi connectivity index (χ4v) is 5.08. The van der Waals surface area contributed by atoms with Crippen molar-refractivity contribution in [3.8, 4) is 5.75 Å². The molecular formula is C20H21FN4O4S. The summed E-state index contributed by atoms with van der Waals surface area (Å²) in [6, 6.07) is 8.99. The third-order valence-corrected chi connectivity index (χ3v) is 7.12. The van der Waals surface area contributed by atoms with Crippen LogP contribution in [0.25, 0.3) is 10.9 Å². The van der Waals surface area contributed by atoms with Crippen molar-refractivity contribution in [1.82, 2.24) is 20.6 Å². The highest BCUT2D eigenvalue weighted by atomic mass is 32.3. The molecule has 1 saturated heterocycles. The molecule has 3 aromatic rings. The Bertz CT molecular complexity index is 1090. The molecule has 3 heterocycles. The number of pyridine rings is 2. The minimum absolute atomic E-state index is 0.107. The normalized spacial score (nSPS) is 19.4. The first kappa shape index (κ1) is 20.5. The van der Waals surface area contributed by atoms with Gasteiger partial charge in [-0.05, 0) is 29.8 Å². The van der Waals surface area contributed by atoms with Crippen molar-refractivity contribution in [2.24, 2.45) is 0 Å². The Morgan fingerprint density at radius 2 is 2.03 bits per heavy atom. The number of hydrogen-bond donors (Lipinski definition) is 5. The Morgan fingerprint density at radius 1 is 1.27 bits per heavy atom. The number of nitrogens with zero attached hydrogens (tertiary/aromatic N) is 2. The Balaban J connectivity index is 1.72. The van der Waals surface area contributed by atoms with Gasteiger partial charge in [-0.15, -0.1) is 0 Å². The molecule has 1 aromatic carbocycles. The first-order chi connectivity index (χ1) is 14.4. The van der Waals surface area contributed by atoms with Crippen LogP contribution in [-0.4, -0.2) is 48.9 Å². The molecule has 5 N–H and O–H groups in total. The standard InChI is InChI=1S/C20H21FN4O4S/c21-13-5-3-12(4-6-13)10-24-20(27)18-19(26)17-14(2-1-7-23-17)16(25-18)15-11-22-8-9-30(15,28)29/h1-7,15,22,26,28-29H,8-11H2,(H,24,27). The molecule has 1 fully saturated rings. The van der Waals surface area contributed by atoms with E-state index in [1.165, 1.54) is 18.3 Å². The van der Waals surface area contributed by atoms with Gasteiger partial charge < -0.3 is 15.7 Å². The monoisotopic (exact) mass is 432 g/mol. The van der Waals surface area contributed by atoms with E-state index in [2.05, 4.69) is 20.6 Å². The molecule has 0 saturated carbocycles. The SMILES string of the molecule is O=C(NCc1ccc(F)cc1)c1nc(C2CNCCS2(O)O)c2cccnc2c1O. The Morgan fingerprint density at radius 3 is 2.77 bits per heavy atom. The molecule has 1 unspecified atom stereocenters. The van der Waals surface area contributed by atoms with Gasteiger partial charge in [0.05, 0.1) is 11.4 Å². The number of carbonyl (C=O) groups excluding carboxylic acids is 1. The number of halogens is 1. The fraction of sp³-hybridized carbons (Fsp3) is 0.250. The zero-order chi connectivity index (χ0) is 21.3. The van der Waals surface area contributed by atoms with Crippen LogP contribution in [0.5, 0.6) is 5.75 Å². The van der Waals surface area contributed by atoms with E-state index < -0.39 is 21.7 Å². The summed E-state index contributed by atoms with van der Waals surface area (Å²) in [6.45, 7) is 0.856. The van der Waals surface area contributed by atoms with Crippen molar-refractivity contribution in [3.05, 3.63) is 65.4 Å². The molecule has 1 amide bonds. The van der Waals surface area contributed by atoms with Gasteiger partial charge in [-0.3, -0.25) is 18.9 Å². The zero-order valence-electron chi connectivity index (χ0n) is 15.9. The summed E-state index contributed by atoms with van der Waals surface area (Å²) in [6.07, 6.45) is 1.48. The minimum atomic E-state index is -2.98. The van der Waals surface area contributed by atoms with Crippen LogP contribution in [0.1, 0.15) is 27.0 Å². The summed E-state index contributed by atoms with van der Waals surface area (Å²) in [7, 11) is -2.98. The van der Waals surface area contributed by atoms with E-state index in [4.69, 9.17) is 0 Å². The highest BCUT2D eigenvalue weighted by Gasteiger charge is 2.34. The number of carbonyl (C=O) groups is 1. The quantitative estimate of drug-likeness (QED) is 0.429. The van der Waals surface area contributed by atoms with Gasteiger partial charge in [0.2, 0.25) is 0 Å². The number of nitrogens with one attached hydrogen (secondary N) is 2. The number of aromatic nitrogens is 2. The van der Waals surface area contributed by atoms with Crippen LogP contribution in [0, 0.1) is 5.82 Å². The molecule has 4 rings (SSSR count). The lowest BCUT2D eigenvalue weighted by molar-refractivity contribution is 0.0943. The highest BCUT2D eigenvalue weighted by Crippen LogP contribution is 2.55. The summed E-state index contributed by atoms with van der Waals surface area (Å²) < 4.78 is 34.2. The average Bonchev–Trinajstić information content (AvgIpc) is 2.74. The predicted molar refractivity (Wildman–Crippen MR) is 112 cm³/mol. The first-order valence-corrected chi connectivity index (χ1v) is 11.1. The Hall–Kier alpha value is -2.79. The van der Waals surface area contributed by atoms with Crippen LogP contribution >= 0.6 is 10.6 Å². The molecule has 10 heteroatoms. The smallest absolute Gasteiger partial charge is 0.274 e. The van der Waals surface area contributed by atoms with E-state index in [1.54, 1.807) is 24.3 Å². The van der Waals surface area contributed by atoms with E-state index in [9.17, 15) is 23.4 Å². The summed E-state index contributed by atoms with van der Waals surface area (Å²) in [4.78, 5) is 21.3. The molecule has 0 spiro atoms. The largest absolute Gasteiger partial charge is 0.504 e. The summed E-state index contributed by atoms with van der Waals surface area (Å²) in [5, 5.41) is 16.1. The molecule has 0 radical (unpaired) electrons. The molecule has 30 heavy (non-hydrogen) atoms. The number of aromatic hydroxyl groups is 1. The van der Waals surface area contributed by atoms with Crippen molar-refractivity contribution in [1.29, 1.82) is 0 Å². The second kappa shape index (κ2) is 8.15. The second-order valence-electron chi connectivity index (χ2n) is 7.02. The van der Waals surface area contributed by atoms with Crippen LogP contribution in [0.2, 0.25) is 0 Å². The van der Waals surface area contributed by atoms with Gasteiger partial charge in [0.25, 0.3) is 5.91 Å². The van der Waals surface area contributed by atoms with Crippen LogP contribution in [0.4, 0.5) is 4.39 Å². The molecule has 0 bridgehead atoms. The van der Waals surface area contributed by atoms with Crippen molar-refractivity contribution in [2.45, 2.75) is 11.8 Å². The molecule has 158 valence electrons.